The average molecular weight is 436 g/mol. The summed E-state index contributed by atoms with van der Waals surface area (Å²) in [7, 11) is 0. The lowest BCUT2D eigenvalue weighted by molar-refractivity contribution is 0.0697. The molecule has 2 heterocycles. The van der Waals surface area contributed by atoms with Crippen LogP contribution in [-0.2, 0) is 6.54 Å². The van der Waals surface area contributed by atoms with E-state index in [1.165, 1.54) is 6.07 Å². The summed E-state index contributed by atoms with van der Waals surface area (Å²) in [4.78, 5) is 28.9. The van der Waals surface area contributed by atoms with Crippen molar-refractivity contribution in [3.63, 3.8) is 0 Å². The predicted octanol–water partition coefficient (Wildman–Crippen LogP) is 5.37. The van der Waals surface area contributed by atoms with Crippen molar-refractivity contribution in [3.8, 4) is 22.5 Å². The van der Waals surface area contributed by atoms with Crippen LogP contribution in [-0.4, -0.2) is 25.0 Å². The van der Waals surface area contributed by atoms with Crippen molar-refractivity contribution in [1.29, 1.82) is 0 Å². The van der Waals surface area contributed by atoms with Gasteiger partial charge in [0, 0.05) is 29.4 Å². The molecule has 2 aromatic carbocycles. The van der Waals surface area contributed by atoms with E-state index >= 15 is 0 Å². The molecule has 0 spiro atoms. The van der Waals surface area contributed by atoms with E-state index in [9.17, 15) is 14.7 Å². The molecule has 0 amide bonds. The van der Waals surface area contributed by atoms with Gasteiger partial charge in [-0.15, -0.1) is 0 Å². The molecule has 0 bridgehead atoms. The highest BCUT2D eigenvalue weighted by Crippen LogP contribution is 2.25. The van der Waals surface area contributed by atoms with E-state index < -0.39 is 5.97 Å². The minimum absolute atomic E-state index is 0.174. The number of unbranched alkanes of at least 4 members (excludes halogenated alkanes) is 2. The van der Waals surface area contributed by atoms with E-state index in [0.29, 0.717) is 23.0 Å². The van der Waals surface area contributed by atoms with Crippen LogP contribution in [0.25, 0.3) is 28.3 Å². The second-order valence-electron chi connectivity index (χ2n) is 7.41. The molecule has 158 valence electrons. The maximum absolute atomic E-state index is 12.9. The number of rotatable bonds is 7. The molecule has 0 atom stereocenters. The van der Waals surface area contributed by atoms with Gasteiger partial charge in [0.25, 0.3) is 5.56 Å². The summed E-state index contributed by atoms with van der Waals surface area (Å²) in [5.74, 6) is -0.411. The Morgan fingerprint density at radius 1 is 1.03 bits per heavy atom. The normalized spacial score (nSPS) is 11.2. The van der Waals surface area contributed by atoms with Crippen LogP contribution in [0.3, 0.4) is 0 Å². The molecule has 4 rings (SSSR count). The minimum atomic E-state index is -0.972. The fraction of sp³-hybridized carbons (Fsp3) is 0.208. The van der Waals surface area contributed by atoms with Gasteiger partial charge in [-0.1, -0.05) is 55.6 Å². The van der Waals surface area contributed by atoms with Gasteiger partial charge in [-0.25, -0.2) is 9.78 Å². The van der Waals surface area contributed by atoms with E-state index in [2.05, 4.69) is 6.92 Å². The van der Waals surface area contributed by atoms with Crippen molar-refractivity contribution in [1.82, 2.24) is 14.0 Å². The number of aryl methyl sites for hydroxylation is 1. The SMILES string of the molecule is CCCCCn1c(-c2ccc(C(=O)O)cc2)cn2c(=O)cc(-c3ccc(Cl)cc3)nc12. The highest BCUT2D eigenvalue weighted by Gasteiger charge is 2.15. The van der Waals surface area contributed by atoms with Gasteiger partial charge in [-0.3, -0.25) is 9.20 Å². The molecule has 1 N–H and O–H groups in total. The molecule has 0 unspecified atom stereocenters. The molecular formula is C24H22ClN3O3. The molecule has 0 saturated carbocycles. The molecule has 0 saturated heterocycles. The zero-order valence-corrected chi connectivity index (χ0v) is 17.8. The van der Waals surface area contributed by atoms with Gasteiger partial charge in [0.05, 0.1) is 17.0 Å². The Labute approximate surface area is 184 Å². The lowest BCUT2D eigenvalue weighted by atomic mass is 10.1. The van der Waals surface area contributed by atoms with E-state index in [-0.39, 0.29) is 11.1 Å². The van der Waals surface area contributed by atoms with Gasteiger partial charge >= 0.3 is 5.97 Å². The van der Waals surface area contributed by atoms with Gasteiger partial charge in [0.15, 0.2) is 0 Å². The number of carboxylic acids is 1. The maximum atomic E-state index is 12.9. The van der Waals surface area contributed by atoms with Gasteiger partial charge in [-0.2, -0.15) is 0 Å². The zero-order valence-electron chi connectivity index (χ0n) is 17.1. The van der Waals surface area contributed by atoms with Crippen LogP contribution in [0, 0.1) is 0 Å². The zero-order chi connectivity index (χ0) is 22.0. The van der Waals surface area contributed by atoms with Crippen LogP contribution in [0.15, 0.2) is 65.6 Å². The van der Waals surface area contributed by atoms with Crippen molar-refractivity contribution in [3.05, 3.63) is 81.7 Å². The molecule has 31 heavy (non-hydrogen) atoms. The van der Waals surface area contributed by atoms with E-state index in [0.717, 1.165) is 36.1 Å². The number of hydrogen-bond acceptors (Lipinski definition) is 3. The largest absolute Gasteiger partial charge is 0.478 e. The Kier molecular flexibility index (Phi) is 5.91. The Morgan fingerprint density at radius 3 is 2.35 bits per heavy atom. The number of aromatic carboxylic acids is 1. The third-order valence-corrected chi connectivity index (χ3v) is 5.52. The first-order valence-corrected chi connectivity index (χ1v) is 10.6. The summed E-state index contributed by atoms with van der Waals surface area (Å²) in [5, 5.41) is 9.80. The lowest BCUT2D eigenvalue weighted by Gasteiger charge is -2.10. The summed E-state index contributed by atoms with van der Waals surface area (Å²) in [6.45, 7) is 2.84. The molecule has 0 fully saturated rings. The van der Waals surface area contributed by atoms with Crippen molar-refractivity contribution < 1.29 is 9.90 Å². The molecule has 0 radical (unpaired) electrons. The number of nitrogens with zero attached hydrogens (tertiary/aromatic N) is 3. The average Bonchev–Trinajstić information content (AvgIpc) is 3.13. The number of aromatic nitrogens is 3. The number of carboxylic acid groups (broad SMARTS) is 1. The van der Waals surface area contributed by atoms with Crippen molar-refractivity contribution in [2.75, 3.05) is 0 Å². The summed E-state index contributed by atoms with van der Waals surface area (Å²) < 4.78 is 3.58. The monoisotopic (exact) mass is 435 g/mol. The van der Waals surface area contributed by atoms with Gasteiger partial charge in [-0.05, 0) is 36.2 Å². The standard InChI is InChI=1S/C24H22ClN3O3/c1-2-3-4-13-27-21(17-5-7-18(8-6-17)23(30)31)15-28-22(29)14-20(26-24(27)28)16-9-11-19(25)12-10-16/h5-12,14-15H,2-4,13H2,1H3,(H,30,31). The van der Waals surface area contributed by atoms with E-state index in [1.807, 2.05) is 16.7 Å². The Bertz CT molecular complexity index is 1290. The second-order valence-corrected chi connectivity index (χ2v) is 7.85. The second kappa shape index (κ2) is 8.78. The third-order valence-electron chi connectivity index (χ3n) is 5.27. The highest BCUT2D eigenvalue weighted by molar-refractivity contribution is 6.30. The first kappa shape index (κ1) is 20.9. The fourth-order valence-electron chi connectivity index (χ4n) is 3.61. The van der Waals surface area contributed by atoms with Crippen molar-refractivity contribution in [2.45, 2.75) is 32.7 Å². The topological polar surface area (TPSA) is 76.6 Å². The smallest absolute Gasteiger partial charge is 0.335 e. The van der Waals surface area contributed by atoms with Crippen LogP contribution in [0.2, 0.25) is 5.02 Å². The van der Waals surface area contributed by atoms with Crippen LogP contribution >= 0.6 is 11.6 Å². The third kappa shape index (κ3) is 4.25. The number of carbonyl (C=O) groups is 1. The summed E-state index contributed by atoms with van der Waals surface area (Å²) in [6.07, 6.45) is 4.86. The molecule has 6 nitrogen and oxygen atoms in total. The molecule has 4 aromatic rings. The number of halogens is 1. The minimum Gasteiger partial charge on any atom is -0.478 e. The first-order chi connectivity index (χ1) is 15.0. The molecule has 0 aliphatic heterocycles. The van der Waals surface area contributed by atoms with E-state index in [4.69, 9.17) is 16.6 Å². The van der Waals surface area contributed by atoms with Crippen molar-refractivity contribution >= 4 is 23.3 Å². The van der Waals surface area contributed by atoms with Gasteiger partial charge in [0.1, 0.15) is 0 Å². The summed E-state index contributed by atoms with van der Waals surface area (Å²) >= 11 is 6.00. The quantitative estimate of drug-likeness (QED) is 0.396. The molecule has 2 aromatic heterocycles. The lowest BCUT2D eigenvalue weighted by Crippen LogP contribution is -2.14. The number of hydrogen-bond donors (Lipinski definition) is 1. The molecule has 0 aliphatic rings. The van der Waals surface area contributed by atoms with E-state index in [1.54, 1.807) is 47.0 Å². The Hall–Kier alpha value is -3.38. The summed E-state index contributed by atoms with van der Waals surface area (Å²) in [6, 6.07) is 15.4. The number of fused-ring (bicyclic) bond motifs is 1. The van der Waals surface area contributed by atoms with Crippen LogP contribution in [0.4, 0.5) is 0 Å². The van der Waals surface area contributed by atoms with Crippen LogP contribution < -0.4 is 5.56 Å². The van der Waals surface area contributed by atoms with Crippen LogP contribution in [0.5, 0.6) is 0 Å². The first-order valence-electron chi connectivity index (χ1n) is 10.2. The fourth-order valence-corrected chi connectivity index (χ4v) is 3.74. The van der Waals surface area contributed by atoms with Crippen LogP contribution in [0.1, 0.15) is 36.5 Å². The van der Waals surface area contributed by atoms with Gasteiger partial charge < -0.3 is 9.67 Å². The highest BCUT2D eigenvalue weighted by atomic mass is 35.5. The maximum Gasteiger partial charge on any atom is 0.335 e. The summed E-state index contributed by atoms with van der Waals surface area (Å²) in [5.41, 5.74) is 3.11. The molecular weight excluding hydrogens is 414 g/mol. The predicted molar refractivity (Wildman–Crippen MR) is 122 cm³/mol. The molecule has 7 heteroatoms. The molecule has 0 aliphatic carbocycles. The number of benzene rings is 2. The Morgan fingerprint density at radius 2 is 1.71 bits per heavy atom. The van der Waals surface area contributed by atoms with Gasteiger partial charge in [0.2, 0.25) is 5.78 Å². The Balaban J connectivity index is 1.88. The number of imidazole rings is 1. The van der Waals surface area contributed by atoms with Crippen molar-refractivity contribution in [2.24, 2.45) is 0 Å².